The first-order valence-corrected chi connectivity index (χ1v) is 8.84. The molecule has 0 bridgehead atoms. The number of nitrogens with zero attached hydrogens (tertiary/aromatic N) is 4. The predicted octanol–water partition coefficient (Wildman–Crippen LogP) is 1.13. The number of hydrogen-bond acceptors (Lipinski definition) is 5. The smallest absolute Gasteiger partial charge is 0.242 e. The molecule has 0 fully saturated rings. The van der Waals surface area contributed by atoms with Gasteiger partial charge in [-0.25, -0.2) is 18.1 Å². The van der Waals surface area contributed by atoms with Gasteiger partial charge < -0.3 is 4.98 Å². The quantitative estimate of drug-likeness (QED) is 0.565. The molecule has 122 valence electrons. The van der Waals surface area contributed by atoms with Crippen LogP contribution in [0.25, 0.3) is 16.7 Å². The Morgan fingerprint density at radius 3 is 3.00 bits per heavy atom. The molecule has 0 amide bonds. The predicted molar refractivity (Wildman–Crippen MR) is 88.0 cm³/mol. The minimum Gasteiger partial charge on any atom is -0.345 e. The molecule has 0 spiro atoms. The normalized spacial score (nSPS) is 12.2. The first-order chi connectivity index (χ1) is 11.6. The minimum absolute atomic E-state index is 0.191. The van der Waals surface area contributed by atoms with E-state index in [2.05, 4.69) is 24.9 Å². The Hall–Kier alpha value is -2.78. The zero-order valence-electron chi connectivity index (χ0n) is 12.5. The fourth-order valence-electron chi connectivity index (χ4n) is 2.59. The summed E-state index contributed by atoms with van der Waals surface area (Å²) in [5.74, 6) is 0.703. The molecular weight excluding hydrogens is 328 g/mol. The second-order valence-electron chi connectivity index (χ2n) is 5.25. The molecule has 0 aliphatic heterocycles. The van der Waals surface area contributed by atoms with Crippen molar-refractivity contribution in [2.75, 3.05) is 6.54 Å². The van der Waals surface area contributed by atoms with Crippen LogP contribution in [-0.2, 0) is 16.4 Å². The Morgan fingerprint density at radius 2 is 2.08 bits per heavy atom. The topological polar surface area (TPSA) is 105 Å². The van der Waals surface area contributed by atoms with Crippen molar-refractivity contribution in [2.24, 2.45) is 0 Å². The van der Waals surface area contributed by atoms with E-state index in [1.165, 1.54) is 6.20 Å². The molecule has 0 aromatic carbocycles. The molecule has 24 heavy (non-hydrogen) atoms. The summed E-state index contributed by atoms with van der Waals surface area (Å²) in [5, 5.41) is 8.70. The van der Waals surface area contributed by atoms with Crippen molar-refractivity contribution in [1.29, 1.82) is 0 Å². The summed E-state index contributed by atoms with van der Waals surface area (Å²) in [7, 11) is -3.63. The van der Waals surface area contributed by atoms with Gasteiger partial charge in [0.15, 0.2) is 5.65 Å². The highest BCUT2D eigenvalue weighted by atomic mass is 32.2. The monoisotopic (exact) mass is 342 g/mol. The van der Waals surface area contributed by atoms with Crippen LogP contribution in [0.2, 0.25) is 0 Å². The highest BCUT2D eigenvalue weighted by Gasteiger charge is 2.19. The number of rotatable bonds is 5. The van der Waals surface area contributed by atoms with Crippen LogP contribution in [-0.4, -0.2) is 39.5 Å². The lowest BCUT2D eigenvalue weighted by Gasteiger charge is -2.05. The molecule has 4 aromatic heterocycles. The molecule has 4 aromatic rings. The van der Waals surface area contributed by atoms with Gasteiger partial charge in [0.1, 0.15) is 16.4 Å². The van der Waals surface area contributed by atoms with Crippen molar-refractivity contribution >= 4 is 26.7 Å². The van der Waals surface area contributed by atoms with Gasteiger partial charge in [-0.1, -0.05) is 6.07 Å². The lowest BCUT2D eigenvalue weighted by atomic mass is 10.3. The Labute approximate surface area is 137 Å². The maximum atomic E-state index is 12.5. The molecule has 2 N–H and O–H groups in total. The molecule has 0 unspecified atom stereocenters. The number of H-pyrrole nitrogens is 1. The van der Waals surface area contributed by atoms with Gasteiger partial charge in [-0.05, 0) is 24.3 Å². The maximum absolute atomic E-state index is 12.5. The summed E-state index contributed by atoms with van der Waals surface area (Å²) in [4.78, 5) is 7.16. The van der Waals surface area contributed by atoms with Crippen LogP contribution in [0.5, 0.6) is 0 Å². The third-order valence-corrected chi connectivity index (χ3v) is 5.23. The zero-order chi connectivity index (χ0) is 16.6. The van der Waals surface area contributed by atoms with E-state index in [4.69, 9.17) is 0 Å². The Balaban J connectivity index is 1.53. The van der Waals surface area contributed by atoms with Crippen molar-refractivity contribution in [3.05, 3.63) is 54.7 Å². The molecule has 0 aliphatic rings. The number of aromatic nitrogens is 5. The molecule has 0 aliphatic carbocycles. The number of pyridine rings is 2. The fourth-order valence-corrected chi connectivity index (χ4v) is 3.78. The molecule has 0 radical (unpaired) electrons. The van der Waals surface area contributed by atoms with Gasteiger partial charge in [0.05, 0.1) is 0 Å². The van der Waals surface area contributed by atoms with Gasteiger partial charge in [0.2, 0.25) is 10.0 Å². The number of fused-ring (bicyclic) bond motifs is 2. The van der Waals surface area contributed by atoms with E-state index in [1.807, 2.05) is 28.8 Å². The van der Waals surface area contributed by atoms with Crippen molar-refractivity contribution in [1.82, 2.24) is 29.3 Å². The van der Waals surface area contributed by atoms with Gasteiger partial charge in [-0.3, -0.25) is 4.40 Å². The van der Waals surface area contributed by atoms with Crippen LogP contribution >= 0.6 is 0 Å². The molecule has 0 atom stereocenters. The van der Waals surface area contributed by atoms with E-state index in [0.717, 1.165) is 5.65 Å². The average molecular weight is 342 g/mol. The largest absolute Gasteiger partial charge is 0.345 e. The van der Waals surface area contributed by atoms with Gasteiger partial charge in [-0.15, -0.1) is 10.2 Å². The minimum atomic E-state index is -3.63. The van der Waals surface area contributed by atoms with Gasteiger partial charge in [0.25, 0.3) is 0 Å². The SMILES string of the molecule is O=S(=O)(NCCc1nnc2ccccn12)c1c[nH]c2ncccc12. The third-order valence-electron chi connectivity index (χ3n) is 3.73. The second kappa shape index (κ2) is 5.69. The fraction of sp³-hybridized carbons (Fsp3) is 0.133. The van der Waals surface area contributed by atoms with Crippen molar-refractivity contribution in [2.45, 2.75) is 11.3 Å². The van der Waals surface area contributed by atoms with E-state index >= 15 is 0 Å². The van der Waals surface area contributed by atoms with Crippen molar-refractivity contribution in [3.63, 3.8) is 0 Å². The lowest BCUT2D eigenvalue weighted by molar-refractivity contribution is 0.581. The Kier molecular flexibility index (Phi) is 3.51. The molecule has 8 nitrogen and oxygen atoms in total. The average Bonchev–Trinajstić information content (AvgIpc) is 3.19. The molecule has 9 heteroatoms. The van der Waals surface area contributed by atoms with Crippen molar-refractivity contribution < 1.29 is 8.42 Å². The number of aromatic amines is 1. The Morgan fingerprint density at radius 1 is 1.17 bits per heavy atom. The zero-order valence-corrected chi connectivity index (χ0v) is 13.4. The van der Waals surface area contributed by atoms with Crippen LogP contribution in [0, 0.1) is 0 Å². The molecule has 4 heterocycles. The molecular formula is C15H14N6O2S. The second-order valence-corrected chi connectivity index (χ2v) is 6.98. The van der Waals surface area contributed by atoms with Crippen LogP contribution in [0.1, 0.15) is 5.82 Å². The van der Waals surface area contributed by atoms with Crippen LogP contribution in [0.3, 0.4) is 0 Å². The van der Waals surface area contributed by atoms with Crippen LogP contribution in [0.4, 0.5) is 0 Å². The van der Waals surface area contributed by atoms with Gasteiger partial charge >= 0.3 is 0 Å². The Bertz CT molecular complexity index is 1120. The summed E-state index contributed by atoms with van der Waals surface area (Å²) in [5.41, 5.74) is 1.28. The summed E-state index contributed by atoms with van der Waals surface area (Å²) in [6.45, 7) is 0.227. The maximum Gasteiger partial charge on any atom is 0.242 e. The van der Waals surface area contributed by atoms with E-state index in [9.17, 15) is 8.42 Å². The van der Waals surface area contributed by atoms with E-state index in [0.29, 0.717) is 23.3 Å². The highest BCUT2D eigenvalue weighted by Crippen LogP contribution is 2.20. The first kappa shape index (κ1) is 14.8. The molecule has 0 saturated heterocycles. The lowest BCUT2D eigenvalue weighted by Crippen LogP contribution is -2.26. The molecule has 4 rings (SSSR count). The summed E-state index contributed by atoms with van der Waals surface area (Å²) in [6.07, 6.45) is 5.35. The van der Waals surface area contributed by atoms with Crippen LogP contribution in [0.15, 0.2) is 53.8 Å². The number of hydrogen-bond donors (Lipinski definition) is 2. The van der Waals surface area contributed by atoms with Gasteiger partial charge in [0, 0.05) is 36.9 Å². The van der Waals surface area contributed by atoms with E-state index < -0.39 is 10.0 Å². The van der Waals surface area contributed by atoms with E-state index in [1.54, 1.807) is 18.3 Å². The third kappa shape index (κ3) is 2.53. The van der Waals surface area contributed by atoms with E-state index in [-0.39, 0.29) is 11.4 Å². The van der Waals surface area contributed by atoms with Crippen molar-refractivity contribution in [3.8, 4) is 0 Å². The van der Waals surface area contributed by atoms with Crippen LogP contribution < -0.4 is 4.72 Å². The summed E-state index contributed by atoms with van der Waals surface area (Å²) in [6, 6.07) is 9.03. The highest BCUT2D eigenvalue weighted by molar-refractivity contribution is 7.89. The summed E-state index contributed by atoms with van der Waals surface area (Å²) >= 11 is 0. The standard InChI is InChI=1S/C15H14N6O2S/c22-24(23,12-10-17-15-11(12)4-3-7-16-15)18-8-6-14-20-19-13-5-1-2-9-21(13)14/h1-5,7,9-10,18H,6,8H2,(H,16,17). The van der Waals surface area contributed by atoms with Gasteiger partial charge in [-0.2, -0.15) is 0 Å². The number of nitrogens with one attached hydrogen (secondary N) is 2. The number of sulfonamides is 1. The molecule has 0 saturated carbocycles. The summed E-state index contributed by atoms with van der Waals surface area (Å²) < 4.78 is 29.4. The first-order valence-electron chi connectivity index (χ1n) is 7.35.